The van der Waals surface area contributed by atoms with E-state index in [0.29, 0.717) is 6.61 Å². The fraction of sp³-hybridized carbons (Fsp3) is 1.00. The van der Waals surface area contributed by atoms with Gasteiger partial charge in [0.2, 0.25) is 5.79 Å². The van der Waals surface area contributed by atoms with Crippen LogP contribution in [0.5, 0.6) is 0 Å². The molecule has 6 heteroatoms. The second-order valence-corrected chi connectivity index (χ2v) is 4.79. The highest BCUT2D eigenvalue weighted by Crippen LogP contribution is 2.64. The maximum absolute atomic E-state index is 9.93. The number of aliphatic hydroxyl groups is 4. The molecule has 1 saturated carbocycles. The molecule has 100 valence electrons. The van der Waals surface area contributed by atoms with Crippen molar-refractivity contribution in [1.29, 1.82) is 0 Å². The first-order chi connectivity index (χ1) is 8.06. The second-order valence-electron chi connectivity index (χ2n) is 4.79. The molecule has 0 aromatic carbocycles. The third kappa shape index (κ3) is 1.56. The summed E-state index contributed by atoms with van der Waals surface area (Å²) < 4.78 is 10.8. The number of aliphatic hydroxyl groups excluding tert-OH is 4. The van der Waals surface area contributed by atoms with Crippen molar-refractivity contribution in [3.05, 3.63) is 0 Å². The van der Waals surface area contributed by atoms with E-state index < -0.39 is 36.1 Å². The Hall–Kier alpha value is -0.240. The minimum absolute atomic E-state index is 0.105. The Labute approximate surface area is 99.8 Å². The Bertz CT molecular complexity index is 285. The summed E-state index contributed by atoms with van der Waals surface area (Å²) in [5, 5.41) is 38.7. The lowest BCUT2D eigenvalue weighted by molar-refractivity contribution is -0.264. The first-order valence-electron chi connectivity index (χ1n) is 5.99. The van der Waals surface area contributed by atoms with Crippen LogP contribution in [0.3, 0.4) is 0 Å². The van der Waals surface area contributed by atoms with Gasteiger partial charge in [0.25, 0.3) is 0 Å². The average Bonchev–Trinajstić information content (AvgIpc) is 2.86. The smallest absolute Gasteiger partial charge is 0.208 e. The van der Waals surface area contributed by atoms with Gasteiger partial charge in [-0.1, -0.05) is 13.3 Å². The molecule has 5 unspecified atom stereocenters. The lowest BCUT2D eigenvalue weighted by Gasteiger charge is -2.35. The van der Waals surface area contributed by atoms with Crippen molar-refractivity contribution in [1.82, 2.24) is 0 Å². The van der Waals surface area contributed by atoms with E-state index >= 15 is 0 Å². The molecule has 0 aromatic heterocycles. The third-order valence-electron chi connectivity index (χ3n) is 3.85. The molecule has 0 radical (unpaired) electrons. The summed E-state index contributed by atoms with van der Waals surface area (Å²) in [6.45, 7) is 1.80. The number of hydrogen-bond acceptors (Lipinski definition) is 6. The first-order valence-corrected chi connectivity index (χ1v) is 5.99. The van der Waals surface area contributed by atoms with E-state index in [1.165, 1.54) is 0 Å². The standard InChI is InChI=1S/C11H20O6/c1-2-3-4-16-11-9(15)10(11,6-12)8(14)7(13)5-17-11/h7-9,12-15H,2-6H2,1H3. The van der Waals surface area contributed by atoms with Crippen LogP contribution >= 0.6 is 0 Å². The fourth-order valence-electron chi connectivity index (χ4n) is 2.61. The van der Waals surface area contributed by atoms with Gasteiger partial charge in [-0.3, -0.25) is 0 Å². The Kier molecular flexibility index (Phi) is 3.46. The molecule has 0 bridgehead atoms. The van der Waals surface area contributed by atoms with E-state index in [-0.39, 0.29) is 6.61 Å². The SMILES string of the molecule is CCCCOC12OCC(O)C(O)C1(CO)C2O. The zero-order valence-electron chi connectivity index (χ0n) is 9.87. The van der Waals surface area contributed by atoms with Gasteiger partial charge in [0.05, 0.1) is 25.9 Å². The van der Waals surface area contributed by atoms with E-state index in [4.69, 9.17) is 9.47 Å². The third-order valence-corrected chi connectivity index (χ3v) is 3.85. The number of unbranched alkanes of at least 4 members (excludes halogenated alkanes) is 1. The normalized spacial score (nSPS) is 48.9. The van der Waals surface area contributed by atoms with Crippen LogP contribution in [0.2, 0.25) is 0 Å². The van der Waals surface area contributed by atoms with Crippen molar-refractivity contribution in [2.75, 3.05) is 19.8 Å². The molecule has 5 atom stereocenters. The zero-order chi connectivity index (χ0) is 12.7. The monoisotopic (exact) mass is 248 g/mol. The molecule has 1 saturated heterocycles. The van der Waals surface area contributed by atoms with Crippen LogP contribution in [-0.4, -0.2) is 64.3 Å². The van der Waals surface area contributed by atoms with Gasteiger partial charge in [0.15, 0.2) is 0 Å². The highest BCUT2D eigenvalue weighted by atomic mass is 16.7. The molecule has 4 N–H and O–H groups in total. The molecule has 1 aliphatic carbocycles. The molecule has 2 fully saturated rings. The van der Waals surface area contributed by atoms with Crippen LogP contribution < -0.4 is 0 Å². The van der Waals surface area contributed by atoms with Crippen molar-refractivity contribution in [2.45, 2.75) is 43.9 Å². The van der Waals surface area contributed by atoms with E-state index in [0.717, 1.165) is 12.8 Å². The summed E-state index contributed by atoms with van der Waals surface area (Å²) in [5.74, 6) is -1.35. The van der Waals surface area contributed by atoms with Crippen molar-refractivity contribution in [3.8, 4) is 0 Å². The Morgan fingerprint density at radius 3 is 2.65 bits per heavy atom. The van der Waals surface area contributed by atoms with Crippen LogP contribution in [0.25, 0.3) is 0 Å². The number of fused-ring (bicyclic) bond motifs is 1. The van der Waals surface area contributed by atoms with Crippen LogP contribution in [0.1, 0.15) is 19.8 Å². The molecular weight excluding hydrogens is 228 g/mol. The maximum Gasteiger partial charge on any atom is 0.208 e. The van der Waals surface area contributed by atoms with Gasteiger partial charge in [0, 0.05) is 0 Å². The molecule has 2 rings (SSSR count). The Morgan fingerprint density at radius 2 is 2.06 bits per heavy atom. The topological polar surface area (TPSA) is 99.4 Å². The van der Waals surface area contributed by atoms with Crippen molar-refractivity contribution in [3.63, 3.8) is 0 Å². The molecule has 0 amide bonds. The summed E-state index contributed by atoms with van der Waals surface area (Å²) >= 11 is 0. The molecular formula is C11H20O6. The van der Waals surface area contributed by atoms with Gasteiger partial charge in [-0.05, 0) is 6.42 Å². The first kappa shape index (κ1) is 13.2. The van der Waals surface area contributed by atoms with Crippen LogP contribution in [-0.2, 0) is 9.47 Å². The van der Waals surface area contributed by atoms with Gasteiger partial charge in [0.1, 0.15) is 17.6 Å². The zero-order valence-corrected chi connectivity index (χ0v) is 9.87. The summed E-state index contributed by atoms with van der Waals surface area (Å²) in [4.78, 5) is 0. The van der Waals surface area contributed by atoms with E-state index in [1.807, 2.05) is 6.92 Å². The predicted octanol–water partition coefficient (Wildman–Crippen LogP) is -1.40. The summed E-state index contributed by atoms with van der Waals surface area (Å²) in [7, 11) is 0. The number of hydrogen-bond donors (Lipinski definition) is 4. The van der Waals surface area contributed by atoms with E-state index in [1.54, 1.807) is 0 Å². The van der Waals surface area contributed by atoms with Gasteiger partial charge >= 0.3 is 0 Å². The van der Waals surface area contributed by atoms with Crippen LogP contribution in [0.4, 0.5) is 0 Å². The van der Waals surface area contributed by atoms with Gasteiger partial charge < -0.3 is 29.9 Å². The van der Waals surface area contributed by atoms with Crippen LogP contribution in [0, 0.1) is 5.41 Å². The summed E-state index contributed by atoms with van der Waals surface area (Å²) in [5.41, 5.74) is -1.31. The quantitative estimate of drug-likeness (QED) is 0.447. The van der Waals surface area contributed by atoms with Crippen LogP contribution in [0.15, 0.2) is 0 Å². The highest BCUT2D eigenvalue weighted by Gasteiger charge is 2.85. The minimum Gasteiger partial charge on any atom is -0.395 e. The van der Waals surface area contributed by atoms with Crippen molar-refractivity contribution in [2.24, 2.45) is 5.41 Å². The van der Waals surface area contributed by atoms with Gasteiger partial charge in [-0.15, -0.1) is 0 Å². The van der Waals surface area contributed by atoms with E-state index in [9.17, 15) is 20.4 Å². The number of rotatable bonds is 5. The van der Waals surface area contributed by atoms with Crippen molar-refractivity contribution < 1.29 is 29.9 Å². The second kappa shape index (κ2) is 4.46. The maximum atomic E-state index is 9.93. The summed E-state index contributed by atoms with van der Waals surface area (Å²) in [6.07, 6.45) is -1.72. The van der Waals surface area contributed by atoms with Gasteiger partial charge in [-0.2, -0.15) is 0 Å². The highest BCUT2D eigenvalue weighted by molar-refractivity contribution is 5.26. The molecule has 1 heterocycles. The molecule has 2 aliphatic rings. The Balaban J connectivity index is 2.12. The lowest BCUT2D eigenvalue weighted by Crippen LogP contribution is -2.51. The molecule has 0 aromatic rings. The molecule has 1 aliphatic heterocycles. The molecule has 6 nitrogen and oxygen atoms in total. The fourth-order valence-corrected chi connectivity index (χ4v) is 2.61. The van der Waals surface area contributed by atoms with E-state index in [2.05, 4.69) is 0 Å². The average molecular weight is 248 g/mol. The molecule has 0 spiro atoms. The Morgan fingerprint density at radius 1 is 1.35 bits per heavy atom. The minimum atomic E-state index is -1.35. The lowest BCUT2D eigenvalue weighted by atomic mass is 9.92. The van der Waals surface area contributed by atoms with Gasteiger partial charge in [-0.25, -0.2) is 0 Å². The van der Waals surface area contributed by atoms with Crippen molar-refractivity contribution >= 4 is 0 Å². The molecule has 17 heavy (non-hydrogen) atoms. The summed E-state index contributed by atoms with van der Waals surface area (Å²) in [6, 6.07) is 0. The number of ether oxygens (including phenoxy) is 2. The largest absolute Gasteiger partial charge is 0.395 e. The predicted molar refractivity (Wildman–Crippen MR) is 57.1 cm³/mol.